The fourth-order valence-electron chi connectivity index (χ4n) is 3.12. The second-order valence-corrected chi connectivity index (χ2v) is 6.83. The number of benzene rings is 2. The molecule has 0 spiro atoms. The van der Waals surface area contributed by atoms with Crippen molar-refractivity contribution in [3.05, 3.63) is 65.5 Å². The Morgan fingerprint density at radius 1 is 1.15 bits per heavy atom. The molecule has 0 unspecified atom stereocenters. The summed E-state index contributed by atoms with van der Waals surface area (Å²) in [6.07, 6.45) is 2.89. The van der Waals surface area contributed by atoms with Crippen LogP contribution < -0.4 is 10.6 Å². The topological polar surface area (TPSA) is 56.7 Å². The van der Waals surface area contributed by atoms with Gasteiger partial charge in [0.05, 0.1) is 6.54 Å². The molecular weight excluding hydrogens is 456 g/mol. The number of nitrogens with zero attached hydrogens (tertiary/aromatic N) is 1. The lowest BCUT2D eigenvalue weighted by Gasteiger charge is -2.16. The van der Waals surface area contributed by atoms with E-state index >= 15 is 0 Å². The highest BCUT2D eigenvalue weighted by Crippen LogP contribution is 2.48. The minimum absolute atomic E-state index is 0. The maximum atomic E-state index is 13.5. The average Bonchev–Trinajstić information content (AvgIpc) is 3.41. The molecule has 6 heteroatoms. The van der Waals surface area contributed by atoms with Gasteiger partial charge >= 0.3 is 0 Å². The van der Waals surface area contributed by atoms with Crippen molar-refractivity contribution in [3.8, 4) is 5.75 Å². The molecule has 146 valence electrons. The molecule has 4 nitrogen and oxygen atoms in total. The standard InChI is InChI=1S/C21H26FN3O.HI/c1-2-23-20(24-12-9-16-5-3-8-19(26)13-16)25-15-21(10-11-21)17-6-4-7-18(22)14-17;/h3-8,13-14,26H,2,9-12,15H2,1H3,(H2,23,24,25);1H. The van der Waals surface area contributed by atoms with Crippen molar-refractivity contribution >= 4 is 29.9 Å². The minimum Gasteiger partial charge on any atom is -0.508 e. The van der Waals surface area contributed by atoms with Crippen LogP contribution in [0.3, 0.4) is 0 Å². The summed E-state index contributed by atoms with van der Waals surface area (Å²) in [5.41, 5.74) is 2.10. The first-order valence-electron chi connectivity index (χ1n) is 9.17. The Labute approximate surface area is 177 Å². The average molecular weight is 483 g/mol. The van der Waals surface area contributed by atoms with Gasteiger partial charge in [0, 0.05) is 18.5 Å². The highest BCUT2D eigenvalue weighted by molar-refractivity contribution is 14.0. The van der Waals surface area contributed by atoms with Crippen molar-refractivity contribution in [2.75, 3.05) is 19.6 Å². The van der Waals surface area contributed by atoms with Gasteiger partial charge in [0.2, 0.25) is 0 Å². The van der Waals surface area contributed by atoms with E-state index in [0.29, 0.717) is 6.54 Å². The second kappa shape index (κ2) is 9.92. The molecule has 0 heterocycles. The summed E-state index contributed by atoms with van der Waals surface area (Å²) in [6.45, 7) is 4.19. The lowest BCUT2D eigenvalue weighted by Crippen LogP contribution is -2.39. The van der Waals surface area contributed by atoms with E-state index < -0.39 is 0 Å². The van der Waals surface area contributed by atoms with Crippen LogP contribution in [0.4, 0.5) is 4.39 Å². The zero-order chi connectivity index (χ0) is 18.4. The van der Waals surface area contributed by atoms with Gasteiger partial charge in [0.25, 0.3) is 0 Å². The lowest BCUT2D eigenvalue weighted by molar-refractivity contribution is 0.474. The molecule has 1 saturated carbocycles. The van der Waals surface area contributed by atoms with Crippen LogP contribution in [0.1, 0.15) is 30.9 Å². The van der Waals surface area contributed by atoms with E-state index in [0.717, 1.165) is 49.4 Å². The Morgan fingerprint density at radius 3 is 2.59 bits per heavy atom. The zero-order valence-corrected chi connectivity index (χ0v) is 17.9. The van der Waals surface area contributed by atoms with Gasteiger partial charge in [0.15, 0.2) is 5.96 Å². The van der Waals surface area contributed by atoms with Crippen molar-refractivity contribution in [1.29, 1.82) is 0 Å². The van der Waals surface area contributed by atoms with Crippen molar-refractivity contribution < 1.29 is 9.50 Å². The number of aliphatic imine (C=N–C) groups is 1. The summed E-state index contributed by atoms with van der Waals surface area (Å²) < 4.78 is 13.5. The molecule has 0 atom stereocenters. The molecule has 1 aliphatic rings. The molecular formula is C21H27FIN3O. The third-order valence-corrected chi connectivity index (χ3v) is 4.79. The van der Waals surface area contributed by atoms with Gasteiger partial charge in [-0.15, -0.1) is 24.0 Å². The second-order valence-electron chi connectivity index (χ2n) is 6.83. The van der Waals surface area contributed by atoms with Crippen LogP contribution in [0, 0.1) is 5.82 Å². The number of aromatic hydroxyl groups is 1. The van der Waals surface area contributed by atoms with Crippen molar-refractivity contribution in [2.45, 2.75) is 31.6 Å². The molecule has 0 radical (unpaired) electrons. The van der Waals surface area contributed by atoms with E-state index in [4.69, 9.17) is 4.99 Å². The summed E-state index contributed by atoms with van der Waals surface area (Å²) in [7, 11) is 0. The number of phenols is 1. The molecule has 0 saturated heterocycles. The fraction of sp³-hybridized carbons (Fsp3) is 0.381. The molecule has 0 bridgehead atoms. The van der Waals surface area contributed by atoms with Gasteiger partial charge in [-0.05, 0) is 61.6 Å². The van der Waals surface area contributed by atoms with Crippen molar-refractivity contribution in [3.63, 3.8) is 0 Å². The molecule has 27 heavy (non-hydrogen) atoms. The van der Waals surface area contributed by atoms with Crippen LogP contribution in [0.5, 0.6) is 5.75 Å². The van der Waals surface area contributed by atoms with Crippen molar-refractivity contribution in [2.24, 2.45) is 4.99 Å². The summed E-state index contributed by atoms with van der Waals surface area (Å²) in [4.78, 5) is 4.73. The first-order chi connectivity index (χ1) is 12.6. The van der Waals surface area contributed by atoms with Gasteiger partial charge in [-0.25, -0.2) is 4.39 Å². The Balaban J connectivity index is 0.00000261. The van der Waals surface area contributed by atoms with Crippen molar-refractivity contribution in [1.82, 2.24) is 10.6 Å². The third kappa shape index (κ3) is 6.09. The van der Waals surface area contributed by atoms with Gasteiger partial charge in [0.1, 0.15) is 11.6 Å². The number of nitrogens with one attached hydrogen (secondary N) is 2. The van der Waals surface area contributed by atoms with E-state index in [1.165, 1.54) is 6.07 Å². The van der Waals surface area contributed by atoms with Crippen LogP contribution in [-0.4, -0.2) is 30.7 Å². The SMILES string of the molecule is CCNC(=NCC1(c2cccc(F)c2)CC1)NCCc1cccc(O)c1.I. The van der Waals surface area contributed by atoms with E-state index in [9.17, 15) is 9.50 Å². The monoisotopic (exact) mass is 483 g/mol. The van der Waals surface area contributed by atoms with E-state index in [2.05, 4.69) is 10.6 Å². The van der Waals surface area contributed by atoms with Gasteiger partial charge in [-0.1, -0.05) is 24.3 Å². The van der Waals surface area contributed by atoms with Crippen LogP contribution in [0.25, 0.3) is 0 Å². The fourth-order valence-corrected chi connectivity index (χ4v) is 3.12. The highest BCUT2D eigenvalue weighted by Gasteiger charge is 2.44. The molecule has 3 N–H and O–H groups in total. The Morgan fingerprint density at radius 2 is 1.93 bits per heavy atom. The number of rotatable bonds is 7. The summed E-state index contributed by atoms with van der Waals surface area (Å²) in [6, 6.07) is 14.2. The lowest BCUT2D eigenvalue weighted by atomic mass is 9.96. The van der Waals surface area contributed by atoms with Crippen LogP contribution in [0.2, 0.25) is 0 Å². The summed E-state index contributed by atoms with van der Waals surface area (Å²) in [5, 5.41) is 16.1. The molecule has 0 aliphatic heterocycles. The largest absolute Gasteiger partial charge is 0.508 e. The third-order valence-electron chi connectivity index (χ3n) is 4.79. The molecule has 3 rings (SSSR count). The highest BCUT2D eigenvalue weighted by atomic mass is 127. The number of hydrogen-bond acceptors (Lipinski definition) is 2. The van der Waals surface area contributed by atoms with Gasteiger partial charge in [-0.3, -0.25) is 4.99 Å². The van der Waals surface area contributed by atoms with Gasteiger partial charge in [-0.2, -0.15) is 0 Å². The molecule has 1 fully saturated rings. The molecule has 2 aromatic rings. The molecule has 1 aliphatic carbocycles. The predicted molar refractivity (Wildman–Crippen MR) is 119 cm³/mol. The zero-order valence-electron chi connectivity index (χ0n) is 15.5. The first kappa shape index (κ1) is 21.5. The molecule has 0 amide bonds. The summed E-state index contributed by atoms with van der Waals surface area (Å²) in [5.74, 6) is 0.873. The number of hydrogen-bond donors (Lipinski definition) is 3. The van der Waals surface area contributed by atoms with Crippen LogP contribution >= 0.6 is 24.0 Å². The smallest absolute Gasteiger partial charge is 0.191 e. The summed E-state index contributed by atoms with van der Waals surface area (Å²) >= 11 is 0. The maximum Gasteiger partial charge on any atom is 0.191 e. The first-order valence-corrected chi connectivity index (χ1v) is 9.17. The maximum absolute atomic E-state index is 13.5. The number of guanidine groups is 1. The number of halogens is 2. The molecule has 0 aromatic heterocycles. The number of phenolic OH excluding ortho intramolecular Hbond substituents is 1. The van der Waals surface area contributed by atoms with Crippen LogP contribution in [0.15, 0.2) is 53.5 Å². The van der Waals surface area contributed by atoms with E-state index in [1.54, 1.807) is 24.3 Å². The quantitative estimate of drug-likeness (QED) is 0.317. The Hall–Kier alpha value is -1.83. The normalized spacial score (nSPS) is 15.0. The van der Waals surface area contributed by atoms with Crippen LogP contribution in [-0.2, 0) is 11.8 Å². The van der Waals surface area contributed by atoms with Gasteiger partial charge < -0.3 is 15.7 Å². The Kier molecular flexibility index (Phi) is 7.89. The van der Waals surface area contributed by atoms with E-state index in [-0.39, 0.29) is 41.0 Å². The minimum atomic E-state index is -0.186. The Bertz CT molecular complexity index is 778. The molecule has 2 aromatic carbocycles. The van der Waals surface area contributed by atoms with E-state index in [1.807, 2.05) is 25.1 Å². The predicted octanol–water partition coefficient (Wildman–Crippen LogP) is 3.98.